The molecule has 86 valence electrons. The summed E-state index contributed by atoms with van der Waals surface area (Å²) in [6.45, 7) is 2.11. The van der Waals surface area contributed by atoms with Gasteiger partial charge in [0.15, 0.2) is 5.78 Å². The molecule has 0 saturated carbocycles. The summed E-state index contributed by atoms with van der Waals surface area (Å²) in [6, 6.07) is 8.12. The summed E-state index contributed by atoms with van der Waals surface area (Å²) in [4.78, 5) is 19.6. The molecule has 0 amide bonds. The van der Waals surface area contributed by atoms with E-state index in [1.165, 1.54) is 11.9 Å². The fourth-order valence-corrected chi connectivity index (χ4v) is 1.62. The van der Waals surface area contributed by atoms with E-state index in [-0.39, 0.29) is 5.78 Å². The molecule has 2 rings (SSSR count). The van der Waals surface area contributed by atoms with E-state index in [0.717, 1.165) is 12.0 Å². The second-order valence-corrected chi connectivity index (χ2v) is 3.90. The average Bonchev–Trinajstić information content (AvgIpc) is 2.40. The van der Waals surface area contributed by atoms with Gasteiger partial charge in [-0.25, -0.2) is 9.97 Å². The SMILES string of the molecule is CCc1ccc(CC(=O)c2cncnc2)cc1. The standard InChI is InChI=1S/C14H14N2O/c1-2-11-3-5-12(6-4-11)7-14(17)13-8-15-10-16-9-13/h3-6,8-10H,2,7H2,1H3. The molecule has 3 nitrogen and oxygen atoms in total. The lowest BCUT2D eigenvalue weighted by atomic mass is 10.0. The molecule has 1 heterocycles. The largest absolute Gasteiger partial charge is 0.294 e. The normalized spacial score (nSPS) is 10.2. The first kappa shape index (κ1) is 11.5. The second kappa shape index (κ2) is 5.34. The summed E-state index contributed by atoms with van der Waals surface area (Å²) >= 11 is 0. The molecule has 0 saturated heterocycles. The van der Waals surface area contributed by atoms with Crippen LogP contribution < -0.4 is 0 Å². The van der Waals surface area contributed by atoms with Gasteiger partial charge in [0.25, 0.3) is 0 Å². The molecule has 0 atom stereocenters. The van der Waals surface area contributed by atoms with Crippen molar-refractivity contribution in [3.8, 4) is 0 Å². The van der Waals surface area contributed by atoms with E-state index >= 15 is 0 Å². The maximum absolute atomic E-state index is 11.9. The Morgan fingerprint density at radius 2 is 1.65 bits per heavy atom. The number of ketones is 1. The molecule has 0 spiro atoms. The van der Waals surface area contributed by atoms with Crippen LogP contribution in [-0.2, 0) is 12.8 Å². The second-order valence-electron chi connectivity index (χ2n) is 3.90. The molecule has 0 radical (unpaired) electrons. The van der Waals surface area contributed by atoms with E-state index in [1.807, 2.05) is 12.1 Å². The number of aromatic nitrogens is 2. The lowest BCUT2D eigenvalue weighted by molar-refractivity contribution is 0.0992. The van der Waals surface area contributed by atoms with Crippen LogP contribution in [0, 0.1) is 0 Å². The number of carbonyl (C=O) groups is 1. The predicted molar refractivity (Wildman–Crippen MR) is 65.9 cm³/mol. The van der Waals surface area contributed by atoms with Crippen molar-refractivity contribution in [2.45, 2.75) is 19.8 Å². The Hall–Kier alpha value is -2.03. The smallest absolute Gasteiger partial charge is 0.170 e. The van der Waals surface area contributed by atoms with Crippen LogP contribution in [0.3, 0.4) is 0 Å². The van der Waals surface area contributed by atoms with Crippen LogP contribution >= 0.6 is 0 Å². The first-order chi connectivity index (χ1) is 8.29. The van der Waals surface area contributed by atoms with Crippen molar-refractivity contribution < 1.29 is 4.79 Å². The van der Waals surface area contributed by atoms with E-state index in [1.54, 1.807) is 12.4 Å². The highest BCUT2D eigenvalue weighted by Gasteiger charge is 2.07. The monoisotopic (exact) mass is 226 g/mol. The Balaban J connectivity index is 2.08. The quantitative estimate of drug-likeness (QED) is 0.752. The van der Waals surface area contributed by atoms with E-state index < -0.39 is 0 Å². The van der Waals surface area contributed by atoms with E-state index in [4.69, 9.17) is 0 Å². The number of benzene rings is 1. The van der Waals surface area contributed by atoms with Crippen molar-refractivity contribution in [2.75, 3.05) is 0 Å². The Morgan fingerprint density at radius 3 is 2.24 bits per heavy atom. The fraction of sp³-hybridized carbons (Fsp3) is 0.214. The predicted octanol–water partition coefficient (Wildman–Crippen LogP) is 2.46. The van der Waals surface area contributed by atoms with Crippen LogP contribution in [0.15, 0.2) is 43.0 Å². The van der Waals surface area contributed by atoms with Crippen LogP contribution in [-0.4, -0.2) is 15.8 Å². The van der Waals surface area contributed by atoms with Crippen LogP contribution in [0.5, 0.6) is 0 Å². The van der Waals surface area contributed by atoms with Crippen molar-refractivity contribution in [1.29, 1.82) is 0 Å². The van der Waals surface area contributed by atoms with Crippen molar-refractivity contribution in [1.82, 2.24) is 9.97 Å². The van der Waals surface area contributed by atoms with Crippen LogP contribution in [0.25, 0.3) is 0 Å². The third-order valence-corrected chi connectivity index (χ3v) is 2.68. The van der Waals surface area contributed by atoms with Gasteiger partial charge < -0.3 is 0 Å². The first-order valence-corrected chi connectivity index (χ1v) is 5.65. The van der Waals surface area contributed by atoms with Crippen LogP contribution in [0.4, 0.5) is 0 Å². The summed E-state index contributed by atoms with van der Waals surface area (Å²) in [5.74, 6) is 0.0508. The summed E-state index contributed by atoms with van der Waals surface area (Å²) in [5.41, 5.74) is 2.87. The minimum absolute atomic E-state index is 0.0508. The molecule has 17 heavy (non-hydrogen) atoms. The highest BCUT2D eigenvalue weighted by Crippen LogP contribution is 2.08. The molecule has 0 aliphatic heterocycles. The summed E-state index contributed by atoms with van der Waals surface area (Å²) in [7, 11) is 0. The Kier molecular flexibility index (Phi) is 3.60. The Morgan fingerprint density at radius 1 is 1.06 bits per heavy atom. The van der Waals surface area contributed by atoms with Crippen molar-refractivity contribution in [3.63, 3.8) is 0 Å². The third kappa shape index (κ3) is 2.97. The highest BCUT2D eigenvalue weighted by molar-refractivity contribution is 5.96. The molecule has 2 aromatic rings. The number of rotatable bonds is 4. The van der Waals surface area contributed by atoms with E-state index in [2.05, 4.69) is 29.0 Å². The molecular weight excluding hydrogens is 212 g/mol. The zero-order valence-corrected chi connectivity index (χ0v) is 9.76. The molecule has 0 aliphatic rings. The molecular formula is C14H14N2O. The van der Waals surface area contributed by atoms with Crippen molar-refractivity contribution in [3.05, 3.63) is 59.7 Å². The number of hydrogen-bond acceptors (Lipinski definition) is 3. The molecule has 3 heteroatoms. The van der Waals surface area contributed by atoms with Crippen molar-refractivity contribution >= 4 is 5.78 Å². The van der Waals surface area contributed by atoms with Gasteiger partial charge in [-0.15, -0.1) is 0 Å². The van der Waals surface area contributed by atoms with Gasteiger partial charge in [0.05, 0.1) is 5.56 Å². The molecule has 0 unspecified atom stereocenters. The van der Waals surface area contributed by atoms with Gasteiger partial charge in [0.1, 0.15) is 6.33 Å². The van der Waals surface area contributed by atoms with Gasteiger partial charge in [-0.05, 0) is 17.5 Å². The maximum Gasteiger partial charge on any atom is 0.170 e. The molecule has 1 aromatic carbocycles. The van der Waals surface area contributed by atoms with E-state index in [0.29, 0.717) is 12.0 Å². The van der Waals surface area contributed by atoms with Crippen LogP contribution in [0.2, 0.25) is 0 Å². The van der Waals surface area contributed by atoms with Gasteiger partial charge in [-0.2, -0.15) is 0 Å². The molecule has 1 aromatic heterocycles. The summed E-state index contributed by atoms with van der Waals surface area (Å²) in [5, 5.41) is 0. The molecule has 0 bridgehead atoms. The molecule has 0 N–H and O–H groups in total. The fourth-order valence-electron chi connectivity index (χ4n) is 1.62. The Bertz CT molecular complexity index is 491. The maximum atomic E-state index is 11.9. The summed E-state index contributed by atoms with van der Waals surface area (Å²) < 4.78 is 0. The number of carbonyl (C=O) groups excluding carboxylic acids is 1. The minimum atomic E-state index is 0.0508. The highest BCUT2D eigenvalue weighted by atomic mass is 16.1. The number of aryl methyl sites for hydroxylation is 1. The Labute approximate surface area is 101 Å². The van der Waals surface area contributed by atoms with E-state index in [9.17, 15) is 4.79 Å². The number of Topliss-reactive ketones (excluding diaryl/α,β-unsaturated/α-hetero) is 1. The zero-order chi connectivity index (χ0) is 12.1. The minimum Gasteiger partial charge on any atom is -0.294 e. The lowest BCUT2D eigenvalue weighted by Crippen LogP contribution is -2.04. The molecule has 0 fully saturated rings. The van der Waals surface area contributed by atoms with Gasteiger partial charge in [-0.3, -0.25) is 4.79 Å². The van der Waals surface area contributed by atoms with Crippen LogP contribution in [0.1, 0.15) is 28.4 Å². The lowest BCUT2D eigenvalue weighted by Gasteiger charge is -2.02. The third-order valence-electron chi connectivity index (χ3n) is 2.68. The van der Waals surface area contributed by atoms with Gasteiger partial charge in [0, 0.05) is 18.8 Å². The topological polar surface area (TPSA) is 42.9 Å². The number of hydrogen-bond donors (Lipinski definition) is 0. The van der Waals surface area contributed by atoms with Gasteiger partial charge in [0.2, 0.25) is 0 Å². The average molecular weight is 226 g/mol. The van der Waals surface area contributed by atoms with Crippen molar-refractivity contribution in [2.24, 2.45) is 0 Å². The summed E-state index contributed by atoms with van der Waals surface area (Å²) in [6.07, 6.45) is 5.94. The first-order valence-electron chi connectivity index (χ1n) is 5.65. The van der Waals surface area contributed by atoms with Gasteiger partial charge >= 0.3 is 0 Å². The zero-order valence-electron chi connectivity index (χ0n) is 9.76. The van der Waals surface area contributed by atoms with Gasteiger partial charge in [-0.1, -0.05) is 31.2 Å². The number of nitrogens with zero attached hydrogens (tertiary/aromatic N) is 2. The molecule has 0 aliphatic carbocycles.